The van der Waals surface area contributed by atoms with Gasteiger partial charge in [-0.25, -0.2) is 8.42 Å². The average Bonchev–Trinajstić information content (AvgIpc) is 3.05. The number of nitrogens with zero attached hydrogens (tertiary/aromatic N) is 2. The first kappa shape index (κ1) is 39.8. The van der Waals surface area contributed by atoms with E-state index in [1.54, 1.807) is 30.3 Å². The molecule has 3 unspecified atom stereocenters. The number of carbonyl (C=O) groups is 3. The van der Waals surface area contributed by atoms with Crippen LogP contribution >= 0.6 is 0 Å². The maximum absolute atomic E-state index is 14.4. The second kappa shape index (κ2) is 20.8. The largest absolute Gasteiger partial charge is 0.388 e. The molecule has 1 heterocycles. The number of pyridine rings is 1. The van der Waals surface area contributed by atoms with E-state index in [1.807, 2.05) is 33.8 Å². The van der Waals surface area contributed by atoms with Gasteiger partial charge in [0.05, 0.1) is 36.3 Å². The molecule has 0 spiro atoms. The predicted molar refractivity (Wildman–Crippen MR) is 180 cm³/mol. The lowest BCUT2D eigenvalue weighted by atomic mass is 10.1. The van der Waals surface area contributed by atoms with Crippen molar-refractivity contribution in [3.63, 3.8) is 0 Å². The van der Waals surface area contributed by atoms with E-state index in [0.717, 1.165) is 0 Å². The molecule has 13 heteroatoms. The Labute approximate surface area is 279 Å². The van der Waals surface area contributed by atoms with Gasteiger partial charge in [-0.1, -0.05) is 70.9 Å². The van der Waals surface area contributed by atoms with Crippen molar-refractivity contribution in [3.8, 4) is 0 Å². The zero-order chi connectivity index (χ0) is 34.8. The highest BCUT2D eigenvalue weighted by Gasteiger charge is 2.37. The van der Waals surface area contributed by atoms with Gasteiger partial charge in [0.25, 0.3) is 11.8 Å². The maximum Gasteiger partial charge on any atom is 0.253 e. The molecule has 12 nitrogen and oxygen atoms in total. The Hall–Kier alpha value is -3.39. The number of rotatable bonds is 22. The quantitative estimate of drug-likeness (QED) is 0.159. The van der Waals surface area contributed by atoms with Gasteiger partial charge in [0.15, 0.2) is 15.9 Å². The number of aliphatic hydroxyl groups excluding tert-OH is 1. The number of aliphatic hydroxyl groups is 1. The first-order valence-electron chi connectivity index (χ1n) is 16.2. The summed E-state index contributed by atoms with van der Waals surface area (Å²) >= 11 is 0. The molecule has 0 fully saturated rings. The van der Waals surface area contributed by atoms with Crippen LogP contribution < -0.4 is 10.6 Å². The zero-order valence-corrected chi connectivity index (χ0v) is 29.1. The van der Waals surface area contributed by atoms with E-state index >= 15 is 0 Å². The Bertz CT molecular complexity index is 1320. The number of aromatic nitrogens is 1. The van der Waals surface area contributed by atoms with E-state index < -0.39 is 56.8 Å². The number of hydrogen-bond donors (Lipinski definition) is 3. The van der Waals surface area contributed by atoms with Gasteiger partial charge >= 0.3 is 0 Å². The van der Waals surface area contributed by atoms with Crippen LogP contribution in [0.4, 0.5) is 0 Å². The molecule has 0 aliphatic carbocycles. The minimum Gasteiger partial charge on any atom is -0.388 e. The Balaban J connectivity index is 2.51. The van der Waals surface area contributed by atoms with Crippen LogP contribution in [0.2, 0.25) is 0 Å². The van der Waals surface area contributed by atoms with Crippen molar-refractivity contribution in [1.82, 2.24) is 20.5 Å². The fourth-order valence-electron chi connectivity index (χ4n) is 5.03. The molecule has 1 aromatic heterocycles. The van der Waals surface area contributed by atoms with E-state index in [1.165, 1.54) is 30.5 Å². The van der Waals surface area contributed by atoms with Crippen LogP contribution in [0.5, 0.6) is 0 Å². The van der Waals surface area contributed by atoms with Gasteiger partial charge in [0, 0.05) is 32.6 Å². The molecule has 3 amide bonds. The summed E-state index contributed by atoms with van der Waals surface area (Å²) in [6.45, 7) is 7.78. The normalized spacial score (nSPS) is 13.6. The van der Waals surface area contributed by atoms with E-state index in [2.05, 4.69) is 15.6 Å². The van der Waals surface area contributed by atoms with Gasteiger partial charge in [-0.05, 0) is 36.5 Å². The summed E-state index contributed by atoms with van der Waals surface area (Å²) in [6.07, 6.45) is 2.10. The first-order chi connectivity index (χ1) is 22.4. The van der Waals surface area contributed by atoms with Crippen molar-refractivity contribution in [2.24, 2.45) is 5.92 Å². The number of amides is 3. The van der Waals surface area contributed by atoms with Crippen LogP contribution in [-0.4, -0.2) is 104 Å². The third-order valence-electron chi connectivity index (χ3n) is 7.47. The molecule has 3 atom stereocenters. The second-order valence-electron chi connectivity index (χ2n) is 12.0. The first-order valence-corrected chi connectivity index (χ1v) is 18.0. The van der Waals surface area contributed by atoms with Crippen LogP contribution in [0.15, 0.2) is 54.9 Å². The molecule has 262 valence electrons. The molecule has 0 aliphatic heterocycles. The molecule has 0 saturated heterocycles. The third kappa shape index (κ3) is 13.7. The molecule has 0 aliphatic rings. The second-order valence-corrected chi connectivity index (χ2v) is 14.3. The summed E-state index contributed by atoms with van der Waals surface area (Å²) in [5.41, 5.74) is 0.855. The SMILES string of the molecule is CCCC(CCC)S(=O)(=O)CC(NC(=O)c1cccnc1)C(=O)N(Cc1ccccc1)CC(O)C(OCCOC)C(=O)NCC(C)C. The Kier molecular flexibility index (Phi) is 17.6. The van der Waals surface area contributed by atoms with Gasteiger partial charge in [-0.15, -0.1) is 0 Å². The van der Waals surface area contributed by atoms with Crippen LogP contribution in [0.3, 0.4) is 0 Å². The highest BCUT2D eigenvalue weighted by atomic mass is 32.2. The fraction of sp³-hybridized carbons (Fsp3) is 0.588. The van der Waals surface area contributed by atoms with Crippen LogP contribution in [0, 0.1) is 5.92 Å². The van der Waals surface area contributed by atoms with Crippen LogP contribution in [-0.2, 0) is 35.4 Å². The number of nitrogens with one attached hydrogen (secondary N) is 2. The monoisotopic (exact) mass is 676 g/mol. The summed E-state index contributed by atoms with van der Waals surface area (Å²) in [5.74, 6) is -2.43. The number of sulfone groups is 1. The Morgan fingerprint density at radius 1 is 1.00 bits per heavy atom. The minimum atomic E-state index is -3.86. The van der Waals surface area contributed by atoms with Crippen molar-refractivity contribution in [2.45, 2.75) is 83.4 Å². The van der Waals surface area contributed by atoms with E-state index in [0.29, 0.717) is 37.8 Å². The lowest BCUT2D eigenvalue weighted by Crippen LogP contribution is -2.56. The number of carbonyl (C=O) groups excluding carboxylic acids is 3. The summed E-state index contributed by atoms with van der Waals surface area (Å²) in [7, 11) is -2.38. The molecule has 0 bridgehead atoms. The van der Waals surface area contributed by atoms with E-state index in [9.17, 15) is 27.9 Å². The standard InChI is InChI=1S/C34H52N4O8S/c1-6-12-28(13-7-2)47(43,44)24-29(37-32(40)27-16-11-17-35-21-27)34(42)38(22-26-14-9-8-10-15-26)23-30(39)31(46-19-18-45-5)33(41)36-20-25(3)4/h8-11,14-17,21,25,28-31,39H,6-7,12-13,18-20,22-24H2,1-5H3,(H,36,41)(H,37,40). The number of ether oxygens (including phenoxy) is 2. The summed E-state index contributed by atoms with van der Waals surface area (Å²) in [4.78, 5) is 46.0. The highest BCUT2D eigenvalue weighted by Crippen LogP contribution is 2.19. The molecule has 47 heavy (non-hydrogen) atoms. The number of benzene rings is 1. The molecule has 1 aromatic carbocycles. The Morgan fingerprint density at radius 3 is 2.26 bits per heavy atom. The molecule has 3 N–H and O–H groups in total. The topological polar surface area (TPSA) is 164 Å². The van der Waals surface area contributed by atoms with Gasteiger partial charge in [0.2, 0.25) is 5.91 Å². The molecular weight excluding hydrogens is 624 g/mol. The van der Waals surface area contributed by atoms with Crippen LogP contribution in [0.25, 0.3) is 0 Å². The summed E-state index contributed by atoms with van der Waals surface area (Å²) < 4.78 is 38.3. The molecule has 2 rings (SSSR count). The van der Waals surface area contributed by atoms with Gasteiger partial charge in [-0.2, -0.15) is 0 Å². The number of methoxy groups -OCH3 is 1. The van der Waals surface area contributed by atoms with Gasteiger partial charge in [-0.3, -0.25) is 19.4 Å². The fourth-order valence-corrected chi connectivity index (χ4v) is 7.18. The van der Waals surface area contributed by atoms with Crippen molar-refractivity contribution >= 4 is 27.6 Å². The van der Waals surface area contributed by atoms with E-state index in [-0.39, 0.29) is 37.8 Å². The van der Waals surface area contributed by atoms with Crippen molar-refractivity contribution < 1.29 is 37.4 Å². The third-order valence-corrected chi connectivity index (χ3v) is 9.75. The summed E-state index contributed by atoms with van der Waals surface area (Å²) in [5, 5.41) is 16.1. The molecular formula is C34H52N4O8S. The van der Waals surface area contributed by atoms with Gasteiger partial charge in [0.1, 0.15) is 12.1 Å². The maximum atomic E-state index is 14.4. The van der Waals surface area contributed by atoms with Crippen molar-refractivity contribution in [1.29, 1.82) is 0 Å². The highest BCUT2D eigenvalue weighted by molar-refractivity contribution is 7.92. The van der Waals surface area contributed by atoms with Gasteiger partial charge < -0.3 is 30.1 Å². The Morgan fingerprint density at radius 2 is 1.68 bits per heavy atom. The zero-order valence-electron chi connectivity index (χ0n) is 28.3. The molecule has 2 aromatic rings. The molecule has 0 saturated carbocycles. The average molecular weight is 677 g/mol. The lowest BCUT2D eigenvalue weighted by Gasteiger charge is -2.32. The lowest BCUT2D eigenvalue weighted by molar-refractivity contribution is -0.147. The molecule has 0 radical (unpaired) electrons. The van der Waals surface area contributed by atoms with Crippen molar-refractivity contribution in [3.05, 3.63) is 66.0 Å². The van der Waals surface area contributed by atoms with Crippen LogP contribution in [0.1, 0.15) is 69.3 Å². The van der Waals surface area contributed by atoms with E-state index in [4.69, 9.17) is 9.47 Å². The van der Waals surface area contributed by atoms with Crippen molar-refractivity contribution in [2.75, 3.05) is 39.2 Å². The number of hydrogen-bond acceptors (Lipinski definition) is 9. The minimum absolute atomic E-state index is 0.0121. The summed E-state index contributed by atoms with van der Waals surface area (Å²) in [6, 6.07) is 10.6. The smallest absolute Gasteiger partial charge is 0.253 e. The predicted octanol–water partition coefficient (Wildman–Crippen LogP) is 2.76.